The normalized spacial score (nSPS) is 12.0. The van der Waals surface area contributed by atoms with Gasteiger partial charge in [0, 0.05) is 12.1 Å². The first-order valence-corrected chi connectivity index (χ1v) is 5.77. The van der Waals surface area contributed by atoms with E-state index in [0.717, 1.165) is 0 Å². The van der Waals surface area contributed by atoms with Crippen molar-refractivity contribution in [3.8, 4) is 29.2 Å². The van der Waals surface area contributed by atoms with Gasteiger partial charge in [-0.1, -0.05) is 11.6 Å². The van der Waals surface area contributed by atoms with Crippen molar-refractivity contribution in [3.63, 3.8) is 0 Å². The number of rotatable bonds is 2. The number of nitriles is 1. The smallest absolute Gasteiger partial charge is 0.231 e. The highest BCUT2D eigenvalue weighted by Gasteiger charge is 2.14. The number of fused-ring (bicyclic) bond motifs is 1. The van der Waals surface area contributed by atoms with Gasteiger partial charge in [-0.15, -0.1) is 0 Å². The third-order valence-electron chi connectivity index (χ3n) is 2.47. The fraction of sp³-hybridized carbons (Fsp3) is 0.0769. The van der Waals surface area contributed by atoms with Crippen molar-refractivity contribution in [3.05, 3.63) is 41.0 Å². The summed E-state index contributed by atoms with van der Waals surface area (Å²) in [6, 6.07) is 10.1. The molecule has 0 radical (unpaired) electrons. The minimum Gasteiger partial charge on any atom is -0.454 e. The first-order valence-electron chi connectivity index (χ1n) is 5.40. The molecule has 1 aliphatic heterocycles. The third kappa shape index (κ3) is 2.39. The zero-order chi connectivity index (χ0) is 13.2. The molecule has 1 aliphatic rings. The second kappa shape index (κ2) is 4.67. The zero-order valence-electron chi connectivity index (χ0n) is 9.59. The van der Waals surface area contributed by atoms with Crippen LogP contribution in [0, 0.1) is 11.3 Å². The Hall–Kier alpha value is -2.45. The molecule has 2 heterocycles. The van der Waals surface area contributed by atoms with Crippen molar-refractivity contribution in [1.82, 2.24) is 4.98 Å². The summed E-state index contributed by atoms with van der Waals surface area (Å²) >= 11 is 5.80. The van der Waals surface area contributed by atoms with Gasteiger partial charge in [-0.3, -0.25) is 0 Å². The standard InChI is InChI=1S/C13H7ClN2O3/c14-12-3-8(6-15)4-13(16-12)19-9-1-2-10-11(5-9)18-7-17-10/h1-5H,7H2. The number of hydrogen-bond donors (Lipinski definition) is 0. The number of halogens is 1. The molecule has 5 nitrogen and oxygen atoms in total. The number of nitrogens with zero attached hydrogens (tertiary/aromatic N) is 2. The molecule has 19 heavy (non-hydrogen) atoms. The SMILES string of the molecule is N#Cc1cc(Cl)nc(Oc2ccc3c(c2)OCO3)c1. The molecule has 0 fully saturated rings. The molecule has 2 aromatic rings. The van der Waals surface area contributed by atoms with Crippen LogP contribution in [0.1, 0.15) is 5.56 Å². The van der Waals surface area contributed by atoms with E-state index in [4.69, 9.17) is 31.1 Å². The highest BCUT2D eigenvalue weighted by Crippen LogP contribution is 2.36. The lowest BCUT2D eigenvalue weighted by Crippen LogP contribution is -1.93. The maximum atomic E-state index is 8.85. The highest BCUT2D eigenvalue weighted by molar-refractivity contribution is 6.29. The Bertz CT molecular complexity index is 682. The van der Waals surface area contributed by atoms with Crippen molar-refractivity contribution in [2.24, 2.45) is 0 Å². The summed E-state index contributed by atoms with van der Waals surface area (Å²) in [4.78, 5) is 3.99. The van der Waals surface area contributed by atoms with E-state index < -0.39 is 0 Å². The van der Waals surface area contributed by atoms with Gasteiger partial charge in [-0.25, -0.2) is 4.98 Å². The lowest BCUT2D eigenvalue weighted by Gasteiger charge is -2.06. The molecule has 0 bridgehead atoms. The molecular weight excluding hydrogens is 268 g/mol. The van der Waals surface area contributed by atoms with E-state index >= 15 is 0 Å². The van der Waals surface area contributed by atoms with E-state index in [-0.39, 0.29) is 17.8 Å². The summed E-state index contributed by atoms with van der Waals surface area (Å²) in [7, 11) is 0. The molecule has 94 valence electrons. The molecule has 0 amide bonds. The van der Waals surface area contributed by atoms with Crippen LogP contribution in [0.25, 0.3) is 0 Å². The fourth-order valence-corrected chi connectivity index (χ4v) is 1.85. The second-order valence-corrected chi connectivity index (χ2v) is 4.13. The number of aromatic nitrogens is 1. The molecule has 1 aromatic heterocycles. The number of ether oxygens (including phenoxy) is 3. The van der Waals surface area contributed by atoms with Crippen LogP contribution in [0.3, 0.4) is 0 Å². The van der Waals surface area contributed by atoms with Gasteiger partial charge in [0.15, 0.2) is 11.5 Å². The molecule has 0 saturated heterocycles. The minimum absolute atomic E-state index is 0.201. The number of benzene rings is 1. The third-order valence-corrected chi connectivity index (χ3v) is 2.66. The van der Waals surface area contributed by atoms with Crippen molar-refractivity contribution in [2.75, 3.05) is 6.79 Å². The van der Waals surface area contributed by atoms with E-state index in [0.29, 0.717) is 22.8 Å². The quantitative estimate of drug-likeness (QED) is 0.787. The van der Waals surface area contributed by atoms with Gasteiger partial charge in [0.2, 0.25) is 12.7 Å². The van der Waals surface area contributed by atoms with Crippen LogP contribution in [0.15, 0.2) is 30.3 Å². The van der Waals surface area contributed by atoms with Crippen LogP contribution in [0.4, 0.5) is 0 Å². The Morgan fingerprint density at radius 2 is 2.05 bits per heavy atom. The van der Waals surface area contributed by atoms with Crippen molar-refractivity contribution in [2.45, 2.75) is 0 Å². The van der Waals surface area contributed by atoms with E-state index in [1.807, 2.05) is 6.07 Å². The number of pyridine rings is 1. The van der Waals surface area contributed by atoms with Gasteiger partial charge in [0.25, 0.3) is 0 Å². The number of hydrogen-bond acceptors (Lipinski definition) is 5. The summed E-state index contributed by atoms with van der Waals surface area (Å²) in [5.74, 6) is 2.06. The Morgan fingerprint density at radius 3 is 2.89 bits per heavy atom. The van der Waals surface area contributed by atoms with Crippen LogP contribution in [-0.2, 0) is 0 Å². The minimum atomic E-state index is 0.201. The van der Waals surface area contributed by atoms with Gasteiger partial charge in [-0.2, -0.15) is 5.26 Å². The largest absolute Gasteiger partial charge is 0.454 e. The predicted octanol–water partition coefficient (Wildman–Crippen LogP) is 3.13. The topological polar surface area (TPSA) is 64.4 Å². The molecule has 1 aromatic carbocycles. The molecule has 6 heteroatoms. The average molecular weight is 275 g/mol. The second-order valence-electron chi connectivity index (χ2n) is 3.75. The van der Waals surface area contributed by atoms with Crippen molar-refractivity contribution >= 4 is 11.6 Å². The van der Waals surface area contributed by atoms with Crippen LogP contribution >= 0.6 is 11.6 Å². The van der Waals surface area contributed by atoms with Gasteiger partial charge in [-0.05, 0) is 18.2 Å². The molecule has 0 N–H and O–H groups in total. The Morgan fingerprint density at radius 1 is 1.21 bits per heavy atom. The molecular formula is C13H7ClN2O3. The van der Waals surface area contributed by atoms with Crippen LogP contribution < -0.4 is 14.2 Å². The average Bonchev–Trinajstić information content (AvgIpc) is 2.85. The van der Waals surface area contributed by atoms with Crippen molar-refractivity contribution < 1.29 is 14.2 Å². The summed E-state index contributed by atoms with van der Waals surface area (Å²) in [5, 5.41) is 9.05. The summed E-state index contributed by atoms with van der Waals surface area (Å²) in [6.45, 7) is 0.201. The highest BCUT2D eigenvalue weighted by atomic mass is 35.5. The lowest BCUT2D eigenvalue weighted by molar-refractivity contribution is 0.174. The maximum Gasteiger partial charge on any atom is 0.231 e. The summed E-state index contributed by atoms with van der Waals surface area (Å²) in [6.07, 6.45) is 0. The molecule has 0 saturated carbocycles. The fourth-order valence-electron chi connectivity index (χ4n) is 1.65. The van der Waals surface area contributed by atoms with Crippen LogP contribution in [-0.4, -0.2) is 11.8 Å². The Kier molecular flexibility index (Phi) is 2.86. The van der Waals surface area contributed by atoms with Gasteiger partial charge in [0.1, 0.15) is 10.9 Å². The summed E-state index contributed by atoms with van der Waals surface area (Å²) in [5.41, 5.74) is 0.385. The van der Waals surface area contributed by atoms with Gasteiger partial charge < -0.3 is 14.2 Å². The van der Waals surface area contributed by atoms with E-state index in [1.54, 1.807) is 18.2 Å². The maximum absolute atomic E-state index is 8.85. The first-order chi connectivity index (χ1) is 9.24. The molecule has 0 aliphatic carbocycles. The Balaban J connectivity index is 1.89. The Labute approximate surface area is 113 Å². The van der Waals surface area contributed by atoms with E-state index in [9.17, 15) is 0 Å². The zero-order valence-corrected chi connectivity index (χ0v) is 10.3. The van der Waals surface area contributed by atoms with Gasteiger partial charge >= 0.3 is 0 Å². The van der Waals surface area contributed by atoms with Crippen molar-refractivity contribution in [1.29, 1.82) is 5.26 Å². The molecule has 3 rings (SSSR count). The summed E-state index contributed by atoms with van der Waals surface area (Å²) < 4.78 is 16.0. The van der Waals surface area contributed by atoms with Crippen LogP contribution in [0.5, 0.6) is 23.1 Å². The predicted molar refractivity (Wildman–Crippen MR) is 66.6 cm³/mol. The van der Waals surface area contributed by atoms with Gasteiger partial charge in [0.05, 0.1) is 11.6 Å². The molecule has 0 unspecified atom stereocenters. The molecule has 0 atom stereocenters. The lowest BCUT2D eigenvalue weighted by atomic mass is 10.3. The monoisotopic (exact) mass is 274 g/mol. The first kappa shape index (κ1) is 11.6. The van der Waals surface area contributed by atoms with E-state index in [1.165, 1.54) is 12.1 Å². The van der Waals surface area contributed by atoms with Crippen LogP contribution in [0.2, 0.25) is 5.15 Å². The van der Waals surface area contributed by atoms with E-state index in [2.05, 4.69) is 4.98 Å². The molecule has 0 spiro atoms.